The summed E-state index contributed by atoms with van der Waals surface area (Å²) in [6.07, 6.45) is 5.89. The first-order valence-corrected chi connectivity index (χ1v) is 9.13. The van der Waals surface area contributed by atoms with Gasteiger partial charge in [0, 0.05) is 38.4 Å². The Hall–Kier alpha value is -3.21. The van der Waals surface area contributed by atoms with Crippen molar-refractivity contribution >= 4 is 5.82 Å². The van der Waals surface area contributed by atoms with Crippen LogP contribution < -0.4 is 4.90 Å². The molecule has 0 bridgehead atoms. The van der Waals surface area contributed by atoms with Crippen LogP contribution >= 0.6 is 0 Å². The topological polar surface area (TPSA) is 88.4 Å². The van der Waals surface area contributed by atoms with Crippen molar-refractivity contribution in [2.45, 2.75) is 32.2 Å². The average molecular weight is 362 g/mol. The predicted octanol–water partition coefficient (Wildman–Crippen LogP) is 2.02. The molecule has 4 heterocycles. The van der Waals surface area contributed by atoms with Crippen molar-refractivity contribution in [3.63, 3.8) is 0 Å². The molecular formula is C19H22N8. The fourth-order valence-electron chi connectivity index (χ4n) is 3.65. The van der Waals surface area contributed by atoms with E-state index >= 15 is 0 Å². The smallest absolute Gasteiger partial charge is 0.152 e. The number of piperidine rings is 1. The molecule has 0 aliphatic carbocycles. The van der Waals surface area contributed by atoms with Crippen molar-refractivity contribution in [2.75, 3.05) is 18.0 Å². The lowest BCUT2D eigenvalue weighted by atomic mass is 9.97. The molecule has 4 rings (SSSR count). The molecule has 0 saturated carbocycles. The molecule has 8 heteroatoms. The van der Waals surface area contributed by atoms with Crippen molar-refractivity contribution in [3.8, 4) is 6.07 Å². The normalized spacial score (nSPS) is 17.1. The number of aryl methyl sites for hydroxylation is 1. The van der Waals surface area contributed by atoms with Crippen molar-refractivity contribution in [3.05, 3.63) is 53.8 Å². The molecule has 1 atom stereocenters. The highest BCUT2D eigenvalue weighted by molar-refractivity contribution is 5.42. The summed E-state index contributed by atoms with van der Waals surface area (Å²) < 4.78 is 4.17. The summed E-state index contributed by atoms with van der Waals surface area (Å²) in [4.78, 5) is 10.9. The number of aromatic nitrogens is 6. The summed E-state index contributed by atoms with van der Waals surface area (Å²) in [5.74, 6) is 4.04. The van der Waals surface area contributed by atoms with Gasteiger partial charge in [-0.3, -0.25) is 0 Å². The Balaban J connectivity index is 1.53. The Bertz CT molecular complexity index is 980. The number of imidazole rings is 1. The number of pyridine rings is 1. The minimum Gasteiger partial charge on any atom is -0.356 e. The lowest BCUT2D eigenvalue weighted by Gasteiger charge is -2.33. The summed E-state index contributed by atoms with van der Waals surface area (Å²) in [5, 5.41) is 18.0. The fraction of sp³-hybridized carbons (Fsp3) is 0.421. The molecule has 1 saturated heterocycles. The average Bonchev–Trinajstić information content (AvgIpc) is 3.28. The third-order valence-electron chi connectivity index (χ3n) is 5.19. The molecule has 8 nitrogen and oxygen atoms in total. The molecule has 1 aliphatic heterocycles. The summed E-state index contributed by atoms with van der Waals surface area (Å²) in [7, 11) is 2.03. The van der Waals surface area contributed by atoms with Crippen molar-refractivity contribution < 1.29 is 0 Å². The van der Waals surface area contributed by atoms with Gasteiger partial charge in [0.1, 0.15) is 29.2 Å². The summed E-state index contributed by atoms with van der Waals surface area (Å²) in [5.41, 5.74) is 0.450. The minimum atomic E-state index is 0.293. The second-order valence-corrected chi connectivity index (χ2v) is 6.91. The highest BCUT2D eigenvalue weighted by Gasteiger charge is 2.26. The van der Waals surface area contributed by atoms with Crippen molar-refractivity contribution in [2.24, 2.45) is 7.05 Å². The molecule has 27 heavy (non-hydrogen) atoms. The van der Waals surface area contributed by atoms with Crippen LogP contribution in [0.4, 0.5) is 5.82 Å². The van der Waals surface area contributed by atoms with Crippen molar-refractivity contribution in [1.29, 1.82) is 5.26 Å². The molecule has 0 radical (unpaired) electrons. The van der Waals surface area contributed by atoms with E-state index in [1.807, 2.05) is 32.3 Å². The van der Waals surface area contributed by atoms with Gasteiger partial charge in [-0.25, -0.2) is 9.97 Å². The zero-order valence-electron chi connectivity index (χ0n) is 15.6. The van der Waals surface area contributed by atoms with Gasteiger partial charge in [0.2, 0.25) is 0 Å². The zero-order valence-corrected chi connectivity index (χ0v) is 15.6. The first kappa shape index (κ1) is 17.2. The van der Waals surface area contributed by atoms with Gasteiger partial charge in [-0.2, -0.15) is 5.26 Å². The van der Waals surface area contributed by atoms with E-state index in [1.165, 1.54) is 0 Å². The third-order valence-corrected chi connectivity index (χ3v) is 5.19. The number of nitrogens with zero attached hydrogens (tertiary/aromatic N) is 8. The third kappa shape index (κ3) is 3.40. The first-order valence-electron chi connectivity index (χ1n) is 9.13. The molecule has 0 N–H and O–H groups in total. The SMILES string of the molecule is Cc1nccn1Cc1nnc(C2CCCN(c3cccc(C#N)n3)C2)n1C. The van der Waals surface area contributed by atoms with Crippen LogP contribution in [0.5, 0.6) is 0 Å². The minimum absolute atomic E-state index is 0.293. The van der Waals surface area contributed by atoms with Crippen LogP contribution in [0.2, 0.25) is 0 Å². The molecule has 3 aromatic heterocycles. The number of nitriles is 1. The van der Waals surface area contributed by atoms with Crippen LogP contribution in [0, 0.1) is 18.3 Å². The lowest BCUT2D eigenvalue weighted by Crippen LogP contribution is -2.36. The van der Waals surface area contributed by atoms with Gasteiger partial charge in [0.05, 0.1) is 6.54 Å². The summed E-state index contributed by atoms with van der Waals surface area (Å²) in [6.45, 7) is 4.42. The van der Waals surface area contributed by atoms with E-state index in [1.54, 1.807) is 12.3 Å². The highest BCUT2D eigenvalue weighted by Crippen LogP contribution is 2.28. The molecular weight excluding hydrogens is 340 g/mol. The molecule has 138 valence electrons. The summed E-state index contributed by atoms with van der Waals surface area (Å²) >= 11 is 0. The van der Waals surface area contributed by atoms with Crippen LogP contribution in [0.25, 0.3) is 0 Å². The van der Waals surface area contributed by atoms with E-state index in [4.69, 9.17) is 5.26 Å². The van der Waals surface area contributed by atoms with Gasteiger partial charge in [-0.15, -0.1) is 10.2 Å². The van der Waals surface area contributed by atoms with E-state index in [0.29, 0.717) is 18.2 Å². The summed E-state index contributed by atoms with van der Waals surface area (Å²) in [6, 6.07) is 7.70. The van der Waals surface area contributed by atoms with Crippen LogP contribution in [0.1, 0.15) is 41.9 Å². The van der Waals surface area contributed by atoms with E-state index in [2.05, 4.69) is 40.3 Å². The van der Waals surface area contributed by atoms with E-state index in [9.17, 15) is 0 Å². The number of hydrogen-bond acceptors (Lipinski definition) is 6. The first-order chi connectivity index (χ1) is 13.2. The molecule has 1 aliphatic rings. The van der Waals surface area contributed by atoms with Gasteiger partial charge in [0.15, 0.2) is 5.82 Å². The fourth-order valence-corrected chi connectivity index (χ4v) is 3.65. The highest BCUT2D eigenvalue weighted by atomic mass is 15.3. The second kappa shape index (κ2) is 7.19. The molecule has 1 fully saturated rings. The van der Waals surface area contributed by atoms with Crippen LogP contribution in [0.3, 0.4) is 0 Å². The van der Waals surface area contributed by atoms with Gasteiger partial charge >= 0.3 is 0 Å². The molecule has 3 aromatic rings. The zero-order chi connectivity index (χ0) is 18.8. The van der Waals surface area contributed by atoms with Crippen molar-refractivity contribution in [1.82, 2.24) is 29.3 Å². The maximum absolute atomic E-state index is 9.10. The van der Waals surface area contributed by atoms with Crippen LogP contribution in [-0.2, 0) is 13.6 Å². The molecule has 1 unspecified atom stereocenters. The van der Waals surface area contributed by atoms with Crippen LogP contribution in [0.15, 0.2) is 30.6 Å². The monoisotopic (exact) mass is 362 g/mol. The number of anilines is 1. The Kier molecular flexibility index (Phi) is 4.59. The Morgan fingerprint density at radius 2 is 2.19 bits per heavy atom. The Morgan fingerprint density at radius 3 is 2.96 bits per heavy atom. The predicted molar refractivity (Wildman–Crippen MR) is 100 cm³/mol. The maximum Gasteiger partial charge on any atom is 0.152 e. The van der Waals surface area contributed by atoms with Crippen LogP contribution in [-0.4, -0.2) is 42.4 Å². The van der Waals surface area contributed by atoms with Gasteiger partial charge in [-0.1, -0.05) is 6.07 Å². The second-order valence-electron chi connectivity index (χ2n) is 6.91. The van der Waals surface area contributed by atoms with Gasteiger partial charge < -0.3 is 14.0 Å². The lowest BCUT2D eigenvalue weighted by molar-refractivity contribution is 0.475. The number of hydrogen-bond donors (Lipinski definition) is 0. The molecule has 0 spiro atoms. The van der Waals surface area contributed by atoms with E-state index in [0.717, 1.165) is 49.2 Å². The number of rotatable bonds is 4. The van der Waals surface area contributed by atoms with E-state index < -0.39 is 0 Å². The maximum atomic E-state index is 9.10. The largest absolute Gasteiger partial charge is 0.356 e. The Morgan fingerprint density at radius 1 is 1.30 bits per heavy atom. The quantitative estimate of drug-likeness (QED) is 0.705. The van der Waals surface area contributed by atoms with E-state index in [-0.39, 0.29) is 0 Å². The molecule has 0 amide bonds. The molecule has 0 aromatic carbocycles. The van der Waals surface area contributed by atoms with Gasteiger partial charge in [0.25, 0.3) is 0 Å². The Labute approximate surface area is 158 Å². The standard InChI is InChI=1S/C19H22N8/c1-14-21-8-10-26(14)13-18-23-24-19(25(18)2)15-5-4-9-27(12-15)17-7-3-6-16(11-20)22-17/h3,6-8,10,15H,4-5,9,12-13H2,1-2H3. The van der Waals surface area contributed by atoms with Gasteiger partial charge in [-0.05, 0) is 31.9 Å².